The molecule has 0 unspecified atom stereocenters. The smallest absolute Gasteiger partial charge is 0.331 e. The monoisotopic (exact) mass is 874 g/mol. The number of allylic oxidation sites excluding steroid dienone is 2. The number of imidazole rings is 2. The van der Waals surface area contributed by atoms with Crippen molar-refractivity contribution in [3.8, 4) is 11.4 Å². The van der Waals surface area contributed by atoms with Crippen LogP contribution in [0.1, 0.15) is 86.5 Å². The van der Waals surface area contributed by atoms with Crippen LogP contribution in [-0.2, 0) is 30.9 Å². The van der Waals surface area contributed by atoms with E-state index in [1.54, 1.807) is 50.5 Å². The van der Waals surface area contributed by atoms with Crippen molar-refractivity contribution in [2.45, 2.75) is 78.7 Å². The lowest BCUT2D eigenvalue weighted by Gasteiger charge is -2.55. The largest absolute Gasteiger partial charge is 0.494 e. The molecular formula is C43H52N15O6+. The van der Waals surface area contributed by atoms with Crippen LogP contribution in [-0.4, -0.2) is 113 Å². The number of amides is 4. The molecule has 0 aliphatic carbocycles. The van der Waals surface area contributed by atoms with Crippen molar-refractivity contribution in [2.24, 2.45) is 11.5 Å². The fraction of sp³-hybridized carbons (Fsp3) is 0.419. The topological polar surface area (TPSA) is 253 Å². The molecule has 1 spiro atoms. The van der Waals surface area contributed by atoms with Gasteiger partial charge >= 0.3 is 11.7 Å². The van der Waals surface area contributed by atoms with Gasteiger partial charge in [0.2, 0.25) is 23.7 Å². The van der Waals surface area contributed by atoms with Crippen LogP contribution < -0.4 is 36.7 Å². The van der Waals surface area contributed by atoms with E-state index in [2.05, 4.69) is 20.9 Å². The van der Waals surface area contributed by atoms with Gasteiger partial charge in [-0.2, -0.15) is 9.67 Å². The number of anilines is 3. The van der Waals surface area contributed by atoms with Crippen LogP contribution in [0.4, 0.5) is 17.6 Å². The fourth-order valence-corrected chi connectivity index (χ4v) is 9.41. The fourth-order valence-electron chi connectivity index (χ4n) is 9.41. The van der Waals surface area contributed by atoms with Crippen LogP contribution in [0.15, 0.2) is 36.4 Å². The van der Waals surface area contributed by atoms with Crippen LogP contribution in [0.3, 0.4) is 0 Å². The molecule has 2 saturated heterocycles. The maximum Gasteiger partial charge on any atom is 0.331 e. The first-order chi connectivity index (χ1) is 30.9. The molecule has 7 heterocycles. The average molecular weight is 875 g/mol. The molecule has 21 heteroatoms. The number of methoxy groups -OCH3 is 1. The molecule has 7 N–H and O–H groups in total. The number of aryl methyl sites for hydroxylation is 4. The van der Waals surface area contributed by atoms with E-state index in [4.69, 9.17) is 41.1 Å². The zero-order valence-corrected chi connectivity index (χ0v) is 36.5. The maximum absolute atomic E-state index is 14.9. The Hall–Kier alpha value is -7.13. The number of likely N-dealkylation sites (tertiary alicyclic amines) is 1. The first-order valence-corrected chi connectivity index (χ1v) is 21.5. The van der Waals surface area contributed by atoms with Crippen molar-refractivity contribution in [2.75, 3.05) is 55.9 Å². The summed E-state index contributed by atoms with van der Waals surface area (Å²) >= 11 is 0. The Balaban J connectivity index is 1.21. The normalized spacial score (nSPS) is 17.0. The summed E-state index contributed by atoms with van der Waals surface area (Å²) in [5, 5.41) is 19.1. The summed E-state index contributed by atoms with van der Waals surface area (Å²) in [5.41, 5.74) is 15.8. The van der Waals surface area contributed by atoms with Crippen LogP contribution >= 0.6 is 0 Å². The van der Waals surface area contributed by atoms with Crippen LogP contribution in [0.25, 0.3) is 27.8 Å². The number of ether oxygens (including phenoxy) is 2. The number of hydrogen-bond donors (Lipinski definition) is 5. The molecule has 9 rings (SSSR count). The van der Waals surface area contributed by atoms with Gasteiger partial charge in [0.05, 0.1) is 35.0 Å². The number of aromatic nitrogens is 9. The third-order valence-corrected chi connectivity index (χ3v) is 12.7. The van der Waals surface area contributed by atoms with E-state index in [0.29, 0.717) is 70.3 Å². The van der Waals surface area contributed by atoms with E-state index in [9.17, 15) is 19.2 Å². The minimum Gasteiger partial charge on any atom is -0.494 e. The molecule has 0 radical (unpaired) electrons. The Bertz CT molecular complexity index is 2910. The van der Waals surface area contributed by atoms with Crippen LogP contribution in [0.5, 0.6) is 5.75 Å². The third-order valence-electron chi connectivity index (χ3n) is 12.7. The van der Waals surface area contributed by atoms with Crippen molar-refractivity contribution in [1.29, 1.82) is 0 Å². The van der Waals surface area contributed by atoms with Gasteiger partial charge in [-0.05, 0) is 64.3 Å². The molecule has 4 aromatic heterocycles. The second kappa shape index (κ2) is 16.5. The van der Waals surface area contributed by atoms with Gasteiger partial charge in [0.15, 0.2) is 11.4 Å². The molecule has 0 atom stereocenters. The second-order valence-corrected chi connectivity index (χ2v) is 16.3. The van der Waals surface area contributed by atoms with E-state index >= 15 is 0 Å². The number of carbonyl (C=O) groups is 4. The first-order valence-electron chi connectivity index (χ1n) is 21.5. The second-order valence-electron chi connectivity index (χ2n) is 16.3. The van der Waals surface area contributed by atoms with E-state index in [0.717, 1.165) is 45.6 Å². The highest BCUT2D eigenvalue weighted by atomic mass is 16.5. The molecular weight excluding hydrogens is 823 g/mol. The number of hydrogen-bond acceptors (Lipinski definition) is 12. The van der Waals surface area contributed by atoms with Gasteiger partial charge in [0.25, 0.3) is 11.7 Å². The number of nitrogens with zero attached hydrogens (tertiary/aromatic N) is 10. The third kappa shape index (κ3) is 7.09. The quantitative estimate of drug-likeness (QED) is 0.104. The summed E-state index contributed by atoms with van der Waals surface area (Å²) in [6, 6.07) is 6.44. The molecule has 334 valence electrons. The van der Waals surface area contributed by atoms with Gasteiger partial charge < -0.3 is 35.4 Å². The lowest BCUT2D eigenvalue weighted by molar-refractivity contribution is -0.606. The molecule has 2 aromatic carbocycles. The molecule has 3 aliphatic rings. The SMILES string of the molecule is CCn1nc(C)c2c1C(=O)Nc1nc3cc(C(N)=O)cc(NCCN4CCC45CCOCC5)c3n1C/C=C/Cn1c(nc3cc(C(N)=O)cc(OC)c31)NC(=O)c1n(CC)nc(C)[n+]1-2. The summed E-state index contributed by atoms with van der Waals surface area (Å²) in [6.45, 7) is 12.1. The Labute approximate surface area is 367 Å². The zero-order chi connectivity index (χ0) is 45.0. The number of nitrogens with two attached hydrogens (primary N) is 2. The van der Waals surface area contributed by atoms with Gasteiger partial charge in [0.1, 0.15) is 17.8 Å². The molecule has 2 fully saturated rings. The van der Waals surface area contributed by atoms with Gasteiger partial charge in [-0.1, -0.05) is 12.2 Å². The van der Waals surface area contributed by atoms with Gasteiger partial charge in [0, 0.05) is 81.2 Å². The highest BCUT2D eigenvalue weighted by Crippen LogP contribution is 2.39. The number of carbonyl (C=O) groups excluding carboxylic acids is 4. The Morgan fingerprint density at radius 1 is 0.859 bits per heavy atom. The molecule has 21 nitrogen and oxygen atoms in total. The predicted molar refractivity (Wildman–Crippen MR) is 236 cm³/mol. The Morgan fingerprint density at radius 3 is 2.09 bits per heavy atom. The number of fused-ring (bicyclic) bond motifs is 9. The van der Waals surface area contributed by atoms with Gasteiger partial charge in [-0.15, -0.1) is 4.68 Å². The van der Waals surface area contributed by atoms with Crippen molar-refractivity contribution in [3.05, 3.63) is 70.6 Å². The average Bonchev–Trinajstić information content (AvgIpc) is 4.01. The number of rotatable bonds is 9. The molecule has 64 heavy (non-hydrogen) atoms. The van der Waals surface area contributed by atoms with E-state index in [1.165, 1.54) is 13.2 Å². The summed E-state index contributed by atoms with van der Waals surface area (Å²) in [7, 11) is 1.48. The Morgan fingerprint density at radius 2 is 1.48 bits per heavy atom. The molecule has 0 saturated carbocycles. The first kappa shape index (κ1) is 42.2. The van der Waals surface area contributed by atoms with Crippen LogP contribution in [0, 0.1) is 13.8 Å². The van der Waals surface area contributed by atoms with Crippen LogP contribution in [0.2, 0.25) is 0 Å². The zero-order valence-electron chi connectivity index (χ0n) is 36.5. The van der Waals surface area contributed by atoms with Gasteiger partial charge in [-0.3, -0.25) is 39.4 Å². The van der Waals surface area contributed by atoms with Gasteiger partial charge in [-0.25, -0.2) is 9.97 Å². The molecule has 6 aromatic rings. The van der Waals surface area contributed by atoms with Crippen molar-refractivity contribution in [1.82, 2.24) is 43.6 Å². The molecule has 0 bridgehead atoms. The van der Waals surface area contributed by atoms with Crippen molar-refractivity contribution in [3.63, 3.8) is 0 Å². The molecule has 3 aliphatic heterocycles. The van der Waals surface area contributed by atoms with Crippen molar-refractivity contribution < 1.29 is 33.2 Å². The number of nitrogens with one attached hydrogen (secondary N) is 3. The maximum atomic E-state index is 14.9. The predicted octanol–water partition coefficient (Wildman–Crippen LogP) is 2.66. The minimum absolute atomic E-state index is 0.113. The van der Waals surface area contributed by atoms with E-state index < -0.39 is 23.6 Å². The minimum atomic E-state index is -0.667. The highest BCUT2D eigenvalue weighted by molar-refractivity contribution is 6.07. The van der Waals surface area contributed by atoms with E-state index in [-0.39, 0.29) is 53.2 Å². The summed E-state index contributed by atoms with van der Waals surface area (Å²) in [4.78, 5) is 66.9. The number of benzene rings is 2. The van der Waals surface area contributed by atoms with E-state index in [1.807, 2.05) is 30.6 Å². The highest BCUT2D eigenvalue weighted by Gasteiger charge is 2.45. The summed E-state index contributed by atoms with van der Waals surface area (Å²) in [5.74, 6) is -1.16. The Kier molecular flexibility index (Phi) is 10.9. The molecule has 4 amide bonds. The standard InChI is InChI=1S/C43H51N15O6/c1-6-56-35-32(24(3)51-56)58-25(4)52-57(7-2)40(58)39(62)50-42-48-30-22-27(37(45)60)23-31(63-5)34(30)55(42)15-9-8-14-54-33-28(46-13-17-53-16-10-43(53)11-18-64-19-12-43)20-26(36(44)59)21-29(33)47-41(54)49-38(35)61/h8-9,20-23,46H,6-7,10-19H2,1-5H3,(H5-,44,45,47,48,49,50,59,60,61,62)/p+1/b9-8+. The summed E-state index contributed by atoms with van der Waals surface area (Å²) < 4.78 is 19.8. The lowest BCUT2D eigenvalue weighted by atomic mass is 9.78. The lowest BCUT2D eigenvalue weighted by Crippen LogP contribution is -2.62. The number of primary amides is 2. The van der Waals surface area contributed by atoms with Crippen molar-refractivity contribution >= 4 is 63.3 Å². The summed E-state index contributed by atoms with van der Waals surface area (Å²) in [6.07, 6.45) is 6.93.